The van der Waals surface area contributed by atoms with Gasteiger partial charge < -0.3 is 19.7 Å². The van der Waals surface area contributed by atoms with E-state index in [1.807, 2.05) is 22.0 Å². The van der Waals surface area contributed by atoms with Crippen molar-refractivity contribution in [3.8, 4) is 0 Å². The van der Waals surface area contributed by atoms with E-state index in [1.54, 1.807) is 0 Å². The number of oxime groups is 1. The molecule has 4 fully saturated rings. The highest BCUT2D eigenvalue weighted by Crippen LogP contribution is 2.46. The lowest BCUT2D eigenvalue weighted by molar-refractivity contribution is -0.356. The molecule has 31 heavy (non-hydrogen) atoms. The van der Waals surface area contributed by atoms with E-state index in [0.717, 1.165) is 31.0 Å². The van der Waals surface area contributed by atoms with E-state index in [9.17, 15) is 0 Å². The third-order valence-electron chi connectivity index (χ3n) is 6.26. The average molecular weight is 457 g/mol. The second-order valence-corrected chi connectivity index (χ2v) is 9.29. The van der Waals surface area contributed by atoms with E-state index in [2.05, 4.69) is 31.0 Å². The first-order valence-corrected chi connectivity index (χ1v) is 12.0. The largest absolute Gasteiger partial charge is 0.395 e. The molecule has 6 aliphatic heterocycles. The van der Waals surface area contributed by atoms with Gasteiger partial charge in [0.1, 0.15) is 18.4 Å². The zero-order valence-electron chi connectivity index (χ0n) is 17.3. The molecule has 6 aliphatic rings. The summed E-state index contributed by atoms with van der Waals surface area (Å²) in [6.45, 7) is 5.93. The van der Waals surface area contributed by atoms with Crippen molar-refractivity contribution >= 4 is 17.5 Å². The van der Waals surface area contributed by atoms with Gasteiger partial charge in [0, 0.05) is 43.6 Å². The normalized spacial score (nSPS) is 40.5. The Kier molecular flexibility index (Phi) is 5.74. The number of ether oxygens (including phenoxy) is 1. The van der Waals surface area contributed by atoms with Crippen LogP contribution in [0.1, 0.15) is 12.8 Å². The number of thioether (sulfide) groups is 1. The molecule has 14 heteroatoms. The highest BCUT2D eigenvalue weighted by atomic mass is 32.2. The van der Waals surface area contributed by atoms with Crippen molar-refractivity contribution in [3.05, 3.63) is 0 Å². The van der Waals surface area contributed by atoms with Crippen LogP contribution in [0.5, 0.6) is 0 Å². The Bertz CT molecular complexity index is 715. The van der Waals surface area contributed by atoms with Gasteiger partial charge in [-0.2, -0.15) is 5.06 Å². The predicted octanol–water partition coefficient (Wildman–Crippen LogP) is -0.438. The van der Waals surface area contributed by atoms with Gasteiger partial charge in [0.2, 0.25) is 6.17 Å². The van der Waals surface area contributed by atoms with E-state index >= 15 is 0 Å². The molecule has 0 spiro atoms. The third kappa shape index (κ3) is 3.36. The standard InChI is InChI=1S/C17H28N8O5S/c1-4-23(29-7-1)17(13-2-8-27-20-13)15(16-18-3-11-31-16)30-24(14-12-28-21-19-14)25(17)22-5-9-26-10-6-22/h14-16,18H,1-12H2. The minimum atomic E-state index is -0.808. The third-order valence-corrected chi connectivity index (χ3v) is 7.48. The fraction of sp³-hybridized carbons (Fsp3) is 0.941. The molecule has 13 nitrogen and oxygen atoms in total. The molecule has 0 amide bonds. The molecular formula is C17H28N8O5S. The molecule has 172 valence electrons. The lowest BCUT2D eigenvalue weighted by Crippen LogP contribution is -2.74. The molecule has 0 aromatic carbocycles. The van der Waals surface area contributed by atoms with E-state index in [-0.39, 0.29) is 11.5 Å². The minimum Gasteiger partial charge on any atom is -0.395 e. The monoisotopic (exact) mass is 456 g/mol. The summed E-state index contributed by atoms with van der Waals surface area (Å²) < 4.78 is 5.66. The summed E-state index contributed by atoms with van der Waals surface area (Å²) in [5.41, 5.74) is 0.0934. The molecular weight excluding hydrogens is 428 g/mol. The second-order valence-electron chi connectivity index (χ2n) is 8.04. The summed E-state index contributed by atoms with van der Waals surface area (Å²) in [6, 6.07) is 0. The van der Waals surface area contributed by atoms with Crippen molar-refractivity contribution in [1.82, 2.24) is 25.7 Å². The fourth-order valence-electron chi connectivity index (χ4n) is 4.96. The van der Waals surface area contributed by atoms with Crippen molar-refractivity contribution in [1.29, 1.82) is 0 Å². The van der Waals surface area contributed by atoms with E-state index in [1.165, 1.54) is 0 Å². The number of hydroxylamine groups is 3. The maximum atomic E-state index is 6.74. The van der Waals surface area contributed by atoms with Gasteiger partial charge in [-0.3, -0.25) is 9.68 Å². The summed E-state index contributed by atoms with van der Waals surface area (Å²) in [4.78, 5) is 23.7. The van der Waals surface area contributed by atoms with Crippen molar-refractivity contribution in [2.75, 3.05) is 65.0 Å². The molecule has 0 aliphatic carbocycles. The van der Waals surface area contributed by atoms with Gasteiger partial charge in [-0.1, -0.05) is 10.3 Å². The minimum absolute atomic E-state index is 0.0558. The molecule has 1 N–H and O–H groups in total. The second kappa shape index (κ2) is 8.68. The molecule has 0 aromatic heterocycles. The fourth-order valence-corrected chi connectivity index (χ4v) is 6.10. The Hall–Kier alpha value is -1.10. The summed E-state index contributed by atoms with van der Waals surface area (Å²) in [6.07, 6.45) is 0.937. The first-order valence-electron chi connectivity index (χ1n) is 10.9. The molecule has 4 unspecified atom stereocenters. The number of nitrogens with zero attached hydrogens (tertiary/aromatic N) is 7. The number of morpholine rings is 1. The van der Waals surface area contributed by atoms with Crippen LogP contribution in [-0.2, 0) is 24.1 Å². The number of hydrogen-bond donors (Lipinski definition) is 1. The van der Waals surface area contributed by atoms with Gasteiger partial charge in [-0.05, 0) is 6.42 Å². The Morgan fingerprint density at radius 1 is 1.10 bits per heavy atom. The van der Waals surface area contributed by atoms with Crippen molar-refractivity contribution in [2.45, 2.75) is 36.1 Å². The van der Waals surface area contributed by atoms with Crippen LogP contribution in [0.3, 0.4) is 0 Å². The summed E-state index contributed by atoms with van der Waals surface area (Å²) >= 11 is 1.86. The first kappa shape index (κ1) is 20.5. The Labute approximate surface area is 184 Å². The number of hydrazine groups is 2. The van der Waals surface area contributed by atoms with Crippen LogP contribution < -0.4 is 5.32 Å². The van der Waals surface area contributed by atoms with Crippen LogP contribution >= 0.6 is 11.8 Å². The molecule has 4 atom stereocenters. The van der Waals surface area contributed by atoms with Gasteiger partial charge in [0.25, 0.3) is 0 Å². The number of nitrogens with one attached hydrogen (secondary N) is 1. The van der Waals surface area contributed by atoms with Crippen LogP contribution in [0, 0.1) is 0 Å². The molecule has 4 saturated heterocycles. The first-order chi connectivity index (χ1) is 15.4. The smallest absolute Gasteiger partial charge is 0.203 e. The zero-order chi connectivity index (χ0) is 20.7. The van der Waals surface area contributed by atoms with Crippen molar-refractivity contribution < 1.29 is 24.1 Å². The summed E-state index contributed by atoms with van der Waals surface area (Å²) in [7, 11) is 0. The molecule has 0 bridgehead atoms. The SMILES string of the molecule is C1CON(C2(C3=NOCC3)C(C3NCCS3)ON(C3CON=N3)N2N2CCOCC2)C1. The van der Waals surface area contributed by atoms with Crippen molar-refractivity contribution in [3.63, 3.8) is 0 Å². The number of rotatable bonds is 5. The lowest BCUT2D eigenvalue weighted by atomic mass is 9.93. The van der Waals surface area contributed by atoms with E-state index in [4.69, 9.17) is 24.1 Å². The van der Waals surface area contributed by atoms with Gasteiger partial charge in [0.15, 0.2) is 12.3 Å². The van der Waals surface area contributed by atoms with Crippen LogP contribution in [0.2, 0.25) is 0 Å². The Balaban J connectivity index is 1.49. The van der Waals surface area contributed by atoms with E-state index < -0.39 is 11.8 Å². The van der Waals surface area contributed by atoms with Crippen LogP contribution in [-0.4, -0.2) is 114 Å². The number of hydrogen-bond acceptors (Lipinski definition) is 14. The van der Waals surface area contributed by atoms with Crippen LogP contribution in [0.15, 0.2) is 15.5 Å². The van der Waals surface area contributed by atoms with Gasteiger partial charge in [0.05, 0.1) is 25.2 Å². The topological polar surface area (TPSA) is 108 Å². The maximum Gasteiger partial charge on any atom is 0.203 e. The van der Waals surface area contributed by atoms with Crippen LogP contribution in [0.25, 0.3) is 0 Å². The Morgan fingerprint density at radius 3 is 2.71 bits per heavy atom. The van der Waals surface area contributed by atoms with Crippen molar-refractivity contribution in [2.24, 2.45) is 15.5 Å². The highest BCUT2D eigenvalue weighted by molar-refractivity contribution is 8.00. The molecule has 6 heterocycles. The summed E-state index contributed by atoms with van der Waals surface area (Å²) in [5, 5.41) is 24.5. The summed E-state index contributed by atoms with van der Waals surface area (Å²) in [5.74, 6) is 1.02. The average Bonchev–Trinajstić information content (AvgIpc) is 3.64. The molecule has 6 rings (SSSR count). The van der Waals surface area contributed by atoms with Gasteiger partial charge in [-0.15, -0.1) is 22.0 Å². The van der Waals surface area contributed by atoms with Gasteiger partial charge in [-0.25, -0.2) is 5.01 Å². The quantitative estimate of drug-likeness (QED) is 0.582. The van der Waals surface area contributed by atoms with E-state index in [0.29, 0.717) is 52.5 Å². The molecule has 0 saturated carbocycles. The highest BCUT2D eigenvalue weighted by Gasteiger charge is 2.68. The Morgan fingerprint density at radius 2 is 2.03 bits per heavy atom. The predicted molar refractivity (Wildman–Crippen MR) is 108 cm³/mol. The van der Waals surface area contributed by atoms with Gasteiger partial charge >= 0.3 is 0 Å². The zero-order valence-corrected chi connectivity index (χ0v) is 18.1. The maximum absolute atomic E-state index is 6.74. The van der Waals surface area contributed by atoms with Crippen LogP contribution in [0.4, 0.5) is 0 Å². The lowest BCUT2D eigenvalue weighted by Gasteiger charge is -2.50. The molecule has 0 aromatic rings. The molecule has 0 radical (unpaired) electrons.